The smallest absolute Gasteiger partial charge is 0.256 e. The Kier molecular flexibility index (Phi) is 9.12. The fourth-order valence-corrected chi connectivity index (χ4v) is 5.72. The van der Waals surface area contributed by atoms with E-state index in [2.05, 4.69) is 15.1 Å². The van der Waals surface area contributed by atoms with E-state index < -0.39 is 11.9 Å². The van der Waals surface area contributed by atoms with Crippen molar-refractivity contribution in [2.45, 2.75) is 18.9 Å². The summed E-state index contributed by atoms with van der Waals surface area (Å²) in [6.07, 6.45) is 0.644. The molecule has 41 heavy (non-hydrogen) atoms. The molecule has 2 amide bonds. The summed E-state index contributed by atoms with van der Waals surface area (Å²) in [5, 5.41) is 3.63. The average Bonchev–Trinajstić information content (AvgIpc) is 3.19. The molecule has 11 heteroatoms. The summed E-state index contributed by atoms with van der Waals surface area (Å²) in [7, 11) is 0. The highest BCUT2D eigenvalue weighted by atomic mass is 35.5. The number of rotatable bonds is 9. The lowest BCUT2D eigenvalue weighted by Crippen LogP contribution is -2.47. The van der Waals surface area contributed by atoms with Crippen molar-refractivity contribution in [3.05, 3.63) is 89.5 Å². The van der Waals surface area contributed by atoms with E-state index in [1.54, 1.807) is 36.4 Å². The van der Waals surface area contributed by atoms with Gasteiger partial charge in [-0.05, 0) is 98.0 Å². The molecule has 0 bridgehead atoms. The van der Waals surface area contributed by atoms with Crippen LogP contribution in [0.2, 0.25) is 5.02 Å². The zero-order chi connectivity index (χ0) is 28.9. The van der Waals surface area contributed by atoms with E-state index in [9.17, 15) is 18.4 Å². The molecular weight excluding hydrogens is 568 g/mol. The van der Waals surface area contributed by atoms with Gasteiger partial charge >= 0.3 is 0 Å². The number of piperazine rings is 1. The highest BCUT2D eigenvalue weighted by Gasteiger charge is 2.44. The van der Waals surface area contributed by atoms with Crippen LogP contribution in [0, 0.1) is 11.6 Å². The largest absolute Gasteiger partial charge is 0.369 e. The Balaban J connectivity index is 1.22. The third kappa shape index (κ3) is 7.01. The summed E-state index contributed by atoms with van der Waals surface area (Å²) in [6.45, 7) is 4.70. The van der Waals surface area contributed by atoms with Crippen molar-refractivity contribution in [3.63, 3.8) is 0 Å². The molecule has 0 radical (unpaired) electrons. The van der Waals surface area contributed by atoms with Crippen molar-refractivity contribution in [3.8, 4) is 0 Å². The first-order chi connectivity index (χ1) is 19.8. The van der Waals surface area contributed by atoms with E-state index in [-0.39, 0.29) is 24.1 Å². The lowest BCUT2D eigenvalue weighted by molar-refractivity contribution is -0.124. The highest BCUT2D eigenvalue weighted by Crippen LogP contribution is 2.29. The lowest BCUT2D eigenvalue weighted by Gasteiger charge is -2.36. The van der Waals surface area contributed by atoms with Crippen LogP contribution in [-0.4, -0.2) is 72.0 Å². The second-order valence-electron chi connectivity index (χ2n) is 10.1. The Morgan fingerprint density at radius 1 is 0.854 bits per heavy atom. The zero-order valence-electron chi connectivity index (χ0n) is 22.3. The molecule has 2 aliphatic rings. The van der Waals surface area contributed by atoms with Gasteiger partial charge in [-0.2, -0.15) is 0 Å². The number of amides is 2. The van der Waals surface area contributed by atoms with E-state index >= 15 is 0 Å². The quantitative estimate of drug-likeness (QED) is 0.344. The Morgan fingerprint density at radius 3 is 2.07 bits per heavy atom. The topological polar surface area (TPSA) is 59.1 Å². The fraction of sp³-hybridized carbons (Fsp3) is 0.300. The molecule has 3 aromatic rings. The number of nitrogens with zero attached hydrogens (tertiary/aromatic N) is 4. The number of hydrogen-bond acceptors (Lipinski definition) is 5. The van der Waals surface area contributed by atoms with Gasteiger partial charge in [0, 0.05) is 49.1 Å². The summed E-state index contributed by atoms with van der Waals surface area (Å²) >= 11 is 11.8. The maximum atomic E-state index is 13.6. The normalized spacial score (nSPS) is 17.8. The number of hydrogen-bond donors (Lipinski definition) is 1. The Morgan fingerprint density at radius 2 is 1.44 bits per heavy atom. The summed E-state index contributed by atoms with van der Waals surface area (Å²) in [5.41, 5.74) is 2.05. The first-order valence-corrected chi connectivity index (χ1v) is 14.3. The minimum Gasteiger partial charge on any atom is -0.369 e. The van der Waals surface area contributed by atoms with Crippen molar-refractivity contribution in [2.75, 3.05) is 54.4 Å². The molecule has 0 saturated carbocycles. The van der Waals surface area contributed by atoms with Crippen molar-refractivity contribution in [1.29, 1.82) is 0 Å². The number of benzene rings is 3. The molecule has 7 nitrogen and oxygen atoms in total. The van der Waals surface area contributed by atoms with Crippen molar-refractivity contribution in [2.24, 2.45) is 0 Å². The second-order valence-corrected chi connectivity index (χ2v) is 10.9. The van der Waals surface area contributed by atoms with Gasteiger partial charge in [-0.3, -0.25) is 19.4 Å². The first-order valence-electron chi connectivity index (χ1n) is 13.5. The zero-order valence-corrected chi connectivity index (χ0v) is 23.9. The first kappa shape index (κ1) is 28.9. The molecule has 0 aromatic heterocycles. The van der Waals surface area contributed by atoms with Gasteiger partial charge in [-0.1, -0.05) is 11.6 Å². The van der Waals surface area contributed by atoms with Crippen LogP contribution in [0.1, 0.15) is 12.8 Å². The molecule has 1 atom stereocenters. The molecule has 2 fully saturated rings. The van der Waals surface area contributed by atoms with Crippen LogP contribution in [0.15, 0.2) is 72.8 Å². The average molecular weight is 598 g/mol. The monoisotopic (exact) mass is 597 g/mol. The molecule has 0 spiro atoms. The molecule has 0 aliphatic carbocycles. The maximum absolute atomic E-state index is 13.6. The van der Waals surface area contributed by atoms with E-state index in [0.29, 0.717) is 28.1 Å². The van der Waals surface area contributed by atoms with Gasteiger partial charge in [-0.25, -0.2) is 8.78 Å². The van der Waals surface area contributed by atoms with Gasteiger partial charge in [0.2, 0.25) is 5.91 Å². The second kappa shape index (κ2) is 12.9. The molecule has 5 rings (SSSR count). The highest BCUT2D eigenvalue weighted by molar-refractivity contribution is 7.80. The van der Waals surface area contributed by atoms with Gasteiger partial charge in [0.05, 0.1) is 12.1 Å². The molecule has 2 aliphatic heterocycles. The third-order valence-corrected chi connectivity index (χ3v) is 8.02. The Hall–Kier alpha value is -3.60. The predicted octanol–water partition coefficient (Wildman–Crippen LogP) is 5.16. The van der Waals surface area contributed by atoms with Crippen LogP contribution in [0.5, 0.6) is 0 Å². The van der Waals surface area contributed by atoms with Crippen LogP contribution in [-0.2, 0) is 9.59 Å². The van der Waals surface area contributed by atoms with Gasteiger partial charge in [0.15, 0.2) is 5.11 Å². The summed E-state index contributed by atoms with van der Waals surface area (Å²) in [5.74, 6) is -1.29. The minimum absolute atomic E-state index is 0.100. The van der Waals surface area contributed by atoms with E-state index in [1.807, 2.05) is 4.90 Å². The Labute approximate surface area is 248 Å². The van der Waals surface area contributed by atoms with Gasteiger partial charge < -0.3 is 15.1 Å². The van der Waals surface area contributed by atoms with Crippen LogP contribution in [0.25, 0.3) is 0 Å². The standard InChI is InChI=1S/C30H30ClF2N5O2S/c31-21-2-10-26(11-3-21)38-29(40)27(20-28(39)34-24-8-4-22(32)5-9-24)37(30(38)41)15-1-14-35-16-18-36(19-17-35)25-12-6-23(33)7-13-25/h2-13,27H,1,14-20H2,(H,34,39). The maximum Gasteiger partial charge on any atom is 0.256 e. The van der Waals surface area contributed by atoms with E-state index in [0.717, 1.165) is 44.8 Å². The fourth-order valence-electron chi connectivity index (χ4n) is 5.18. The van der Waals surface area contributed by atoms with Crippen molar-refractivity contribution in [1.82, 2.24) is 9.80 Å². The molecule has 1 N–H and O–H groups in total. The molecule has 2 saturated heterocycles. The molecule has 1 unspecified atom stereocenters. The van der Waals surface area contributed by atoms with E-state index in [1.165, 1.54) is 41.3 Å². The number of carbonyl (C=O) groups excluding carboxylic acids is 2. The minimum atomic E-state index is -0.769. The van der Waals surface area contributed by atoms with Crippen molar-refractivity contribution >= 4 is 57.8 Å². The van der Waals surface area contributed by atoms with Crippen LogP contribution in [0.3, 0.4) is 0 Å². The molecule has 214 valence electrons. The van der Waals surface area contributed by atoms with Gasteiger partial charge in [0.1, 0.15) is 17.7 Å². The molecule has 2 heterocycles. The van der Waals surface area contributed by atoms with Crippen molar-refractivity contribution < 1.29 is 18.4 Å². The number of anilines is 3. The summed E-state index contributed by atoms with van der Waals surface area (Å²) in [6, 6.07) is 18.1. The Bertz CT molecular complexity index is 1380. The number of halogens is 3. The number of carbonyl (C=O) groups is 2. The van der Waals surface area contributed by atoms with Gasteiger partial charge in [0.25, 0.3) is 5.91 Å². The number of thiocarbonyl (C=S) groups is 1. The van der Waals surface area contributed by atoms with E-state index in [4.69, 9.17) is 23.8 Å². The summed E-state index contributed by atoms with van der Waals surface area (Å²) < 4.78 is 26.6. The SMILES string of the molecule is O=C(CC1C(=O)N(c2ccc(Cl)cc2)C(=S)N1CCCN1CCN(c2ccc(F)cc2)CC1)Nc1ccc(F)cc1. The summed E-state index contributed by atoms with van der Waals surface area (Å²) in [4.78, 5) is 34.4. The number of nitrogens with one attached hydrogen (secondary N) is 1. The lowest BCUT2D eigenvalue weighted by atomic mass is 10.1. The van der Waals surface area contributed by atoms with Crippen LogP contribution >= 0.6 is 23.8 Å². The van der Waals surface area contributed by atoms with Crippen LogP contribution < -0.4 is 15.1 Å². The molecule has 3 aromatic carbocycles. The molecular formula is C30H30ClF2N5O2S. The van der Waals surface area contributed by atoms with Gasteiger partial charge in [-0.15, -0.1) is 0 Å². The van der Waals surface area contributed by atoms with Crippen LogP contribution in [0.4, 0.5) is 25.8 Å². The predicted molar refractivity (Wildman–Crippen MR) is 161 cm³/mol. The third-order valence-electron chi connectivity index (χ3n) is 7.35.